The molecule has 1 fully saturated rings. The fraction of sp³-hybridized carbons (Fsp3) is 0.375. The Bertz CT molecular complexity index is 818. The Labute approximate surface area is 167 Å². The molecule has 4 heteroatoms. The highest BCUT2D eigenvalue weighted by Gasteiger charge is 2.13. The van der Waals surface area contributed by atoms with Gasteiger partial charge >= 0.3 is 0 Å². The van der Waals surface area contributed by atoms with E-state index in [1.807, 2.05) is 42.6 Å². The third kappa shape index (κ3) is 5.16. The average Bonchev–Trinajstić information content (AvgIpc) is 2.77. The van der Waals surface area contributed by atoms with Crippen LogP contribution in [-0.4, -0.2) is 33.6 Å². The highest BCUT2D eigenvalue weighted by Crippen LogP contribution is 2.30. The van der Waals surface area contributed by atoms with E-state index in [4.69, 9.17) is 19.2 Å². The van der Waals surface area contributed by atoms with Gasteiger partial charge in [-0.2, -0.15) is 0 Å². The minimum Gasteiger partial charge on any atom is -0.497 e. The van der Waals surface area contributed by atoms with Crippen molar-refractivity contribution in [1.82, 2.24) is 0 Å². The molecule has 28 heavy (non-hydrogen) atoms. The summed E-state index contributed by atoms with van der Waals surface area (Å²) >= 11 is 0. The van der Waals surface area contributed by atoms with E-state index in [-0.39, 0.29) is 0 Å². The molecule has 4 nitrogen and oxygen atoms in total. The van der Waals surface area contributed by atoms with Crippen LogP contribution < -0.4 is 14.2 Å². The van der Waals surface area contributed by atoms with Crippen LogP contribution in [0.5, 0.6) is 17.2 Å². The Morgan fingerprint density at radius 1 is 0.821 bits per heavy atom. The van der Waals surface area contributed by atoms with Crippen LogP contribution >= 0.6 is 0 Å². The lowest BCUT2D eigenvalue weighted by Crippen LogP contribution is -2.10. The van der Waals surface area contributed by atoms with Gasteiger partial charge in [0.05, 0.1) is 21.3 Å². The summed E-state index contributed by atoms with van der Waals surface area (Å²) in [5.74, 6) is 2.38. The van der Waals surface area contributed by atoms with E-state index in [2.05, 4.69) is 12.2 Å². The van der Waals surface area contributed by atoms with Gasteiger partial charge in [-0.1, -0.05) is 43.5 Å². The minimum atomic E-state index is 0.416. The summed E-state index contributed by atoms with van der Waals surface area (Å²) in [4.78, 5) is 4.86. The molecule has 0 unspecified atom stereocenters. The molecule has 2 aromatic carbocycles. The van der Waals surface area contributed by atoms with E-state index >= 15 is 0 Å². The smallest absolute Gasteiger partial charge is 0.131 e. The molecule has 3 rings (SSSR count). The largest absolute Gasteiger partial charge is 0.497 e. The van der Waals surface area contributed by atoms with Gasteiger partial charge in [0.15, 0.2) is 0 Å². The molecule has 0 bridgehead atoms. The maximum Gasteiger partial charge on any atom is 0.131 e. The summed E-state index contributed by atoms with van der Waals surface area (Å²) in [5.41, 5.74) is 3.10. The Morgan fingerprint density at radius 3 is 2.18 bits per heavy atom. The quantitative estimate of drug-likeness (QED) is 0.462. The number of ether oxygens (including phenoxy) is 3. The molecular weight excluding hydrogens is 350 g/mol. The average molecular weight is 380 g/mol. The molecule has 148 valence electrons. The zero-order valence-corrected chi connectivity index (χ0v) is 17.0. The van der Waals surface area contributed by atoms with E-state index in [0.29, 0.717) is 6.04 Å². The molecule has 0 aliphatic heterocycles. The summed E-state index contributed by atoms with van der Waals surface area (Å²) in [7, 11) is 5.02. The van der Waals surface area contributed by atoms with Crippen molar-refractivity contribution in [3.8, 4) is 17.2 Å². The zero-order chi connectivity index (χ0) is 19.8. The summed E-state index contributed by atoms with van der Waals surface area (Å²) in [6.45, 7) is 0. The molecule has 1 aliphatic carbocycles. The molecule has 0 N–H and O–H groups in total. The molecule has 0 amide bonds. The Hall–Kier alpha value is -2.75. The fourth-order valence-corrected chi connectivity index (χ4v) is 3.50. The van der Waals surface area contributed by atoms with Gasteiger partial charge in [-0.3, -0.25) is 4.99 Å². The van der Waals surface area contributed by atoms with Crippen LogP contribution in [0, 0.1) is 0 Å². The number of benzene rings is 2. The number of hydrogen-bond donors (Lipinski definition) is 0. The predicted molar refractivity (Wildman–Crippen MR) is 116 cm³/mol. The maximum absolute atomic E-state index is 5.63. The highest BCUT2D eigenvalue weighted by atomic mass is 16.5. The number of hydrogen-bond acceptors (Lipinski definition) is 4. The lowest BCUT2D eigenvalue weighted by atomic mass is 9.96. The van der Waals surface area contributed by atoms with Crippen LogP contribution in [0.4, 0.5) is 0 Å². The van der Waals surface area contributed by atoms with Crippen molar-refractivity contribution in [2.45, 2.75) is 38.1 Å². The first kappa shape index (κ1) is 20.0. The van der Waals surface area contributed by atoms with Gasteiger partial charge in [-0.05, 0) is 42.2 Å². The number of nitrogens with zero attached hydrogens (tertiary/aromatic N) is 1. The van der Waals surface area contributed by atoms with Crippen LogP contribution in [0.1, 0.15) is 48.8 Å². The molecule has 0 atom stereocenters. The summed E-state index contributed by atoms with van der Waals surface area (Å²) in [6, 6.07) is 12.3. The molecule has 2 aromatic rings. The van der Waals surface area contributed by atoms with Crippen LogP contribution in [0.2, 0.25) is 0 Å². The second-order valence-corrected chi connectivity index (χ2v) is 7.01. The summed E-state index contributed by atoms with van der Waals surface area (Å²) in [6.07, 6.45) is 12.3. The van der Waals surface area contributed by atoms with Gasteiger partial charge in [0, 0.05) is 23.9 Å². The van der Waals surface area contributed by atoms with Gasteiger partial charge in [-0.25, -0.2) is 0 Å². The van der Waals surface area contributed by atoms with Crippen LogP contribution in [0.3, 0.4) is 0 Å². The van der Waals surface area contributed by atoms with E-state index in [1.165, 1.54) is 32.1 Å². The summed E-state index contributed by atoms with van der Waals surface area (Å²) < 4.78 is 16.3. The van der Waals surface area contributed by atoms with Crippen LogP contribution in [0.25, 0.3) is 12.2 Å². The van der Waals surface area contributed by atoms with Crippen LogP contribution in [-0.2, 0) is 0 Å². The Morgan fingerprint density at radius 2 is 1.54 bits per heavy atom. The Kier molecular flexibility index (Phi) is 7.12. The van der Waals surface area contributed by atoms with Crippen molar-refractivity contribution in [2.24, 2.45) is 4.99 Å². The van der Waals surface area contributed by atoms with Gasteiger partial charge in [-0.15, -0.1) is 0 Å². The lowest BCUT2D eigenvalue weighted by molar-refractivity contribution is 0.393. The SMILES string of the molecule is COc1ccc(/C=C/c2cc(OC)cc(OC)c2C=NC2CCCCC2)cc1. The first-order chi connectivity index (χ1) is 13.7. The first-order valence-corrected chi connectivity index (χ1v) is 9.85. The Balaban J connectivity index is 1.92. The topological polar surface area (TPSA) is 40.0 Å². The van der Waals surface area contributed by atoms with Crippen molar-refractivity contribution >= 4 is 18.4 Å². The molecule has 0 saturated heterocycles. The maximum atomic E-state index is 5.63. The van der Waals surface area contributed by atoms with Crippen molar-refractivity contribution in [3.63, 3.8) is 0 Å². The van der Waals surface area contributed by atoms with Gasteiger partial charge in [0.25, 0.3) is 0 Å². The first-order valence-electron chi connectivity index (χ1n) is 9.85. The molecule has 0 spiro atoms. The summed E-state index contributed by atoms with van der Waals surface area (Å²) in [5, 5.41) is 0. The van der Waals surface area contributed by atoms with Crippen molar-refractivity contribution in [3.05, 3.63) is 53.1 Å². The van der Waals surface area contributed by atoms with E-state index in [0.717, 1.165) is 33.9 Å². The lowest BCUT2D eigenvalue weighted by Gasteiger charge is -2.18. The van der Waals surface area contributed by atoms with Crippen molar-refractivity contribution in [2.75, 3.05) is 21.3 Å². The van der Waals surface area contributed by atoms with Gasteiger partial charge < -0.3 is 14.2 Å². The second kappa shape index (κ2) is 9.98. The molecule has 1 aliphatic rings. The minimum absolute atomic E-state index is 0.416. The molecule has 0 aromatic heterocycles. The molecule has 0 radical (unpaired) electrons. The van der Waals surface area contributed by atoms with E-state index < -0.39 is 0 Å². The number of aliphatic imine (C=N–C) groups is 1. The van der Waals surface area contributed by atoms with E-state index in [9.17, 15) is 0 Å². The monoisotopic (exact) mass is 379 g/mol. The molecule has 0 heterocycles. The van der Waals surface area contributed by atoms with Gasteiger partial charge in [0.2, 0.25) is 0 Å². The van der Waals surface area contributed by atoms with Crippen LogP contribution in [0.15, 0.2) is 41.4 Å². The molecule has 1 saturated carbocycles. The third-order valence-corrected chi connectivity index (χ3v) is 5.16. The standard InChI is InChI=1S/C24H29NO3/c1-26-21-13-10-18(11-14-21)9-12-19-15-22(27-2)16-24(28-3)23(19)17-25-20-7-5-4-6-8-20/h9-17,20H,4-8H2,1-3H3/b12-9+,25-17?. The predicted octanol–water partition coefficient (Wildman–Crippen LogP) is 5.63. The zero-order valence-electron chi connectivity index (χ0n) is 17.0. The van der Waals surface area contributed by atoms with E-state index in [1.54, 1.807) is 21.3 Å². The number of methoxy groups -OCH3 is 3. The number of rotatable bonds is 7. The van der Waals surface area contributed by atoms with Crippen molar-refractivity contribution < 1.29 is 14.2 Å². The fourth-order valence-electron chi connectivity index (χ4n) is 3.50. The van der Waals surface area contributed by atoms with Crippen molar-refractivity contribution in [1.29, 1.82) is 0 Å². The van der Waals surface area contributed by atoms with Gasteiger partial charge in [0.1, 0.15) is 17.2 Å². The molecular formula is C24H29NO3. The highest BCUT2D eigenvalue weighted by molar-refractivity contribution is 5.91. The normalized spacial score (nSPS) is 15.2. The third-order valence-electron chi connectivity index (χ3n) is 5.16. The second-order valence-electron chi connectivity index (χ2n) is 7.01.